The summed E-state index contributed by atoms with van der Waals surface area (Å²) in [4.78, 5) is 11.8. The van der Waals surface area contributed by atoms with E-state index in [1.54, 1.807) is 0 Å². The lowest BCUT2D eigenvalue weighted by Gasteiger charge is -2.20. The smallest absolute Gasteiger partial charge is 0.200 e. The molecule has 0 amide bonds. The first kappa shape index (κ1) is 13.0. The number of ketones is 1. The summed E-state index contributed by atoms with van der Waals surface area (Å²) >= 11 is 0. The van der Waals surface area contributed by atoms with Crippen LogP contribution in [0.15, 0.2) is 18.2 Å². The quantitative estimate of drug-likeness (QED) is 0.822. The van der Waals surface area contributed by atoms with Gasteiger partial charge in [0.2, 0.25) is 5.82 Å². The number of Topliss-reactive ketones (excluding diaryl/α,β-unsaturated/α-hetero) is 1. The van der Waals surface area contributed by atoms with Crippen molar-refractivity contribution in [2.75, 3.05) is 6.61 Å². The van der Waals surface area contributed by atoms with E-state index < -0.39 is 11.6 Å². The first-order chi connectivity index (χ1) is 8.68. The van der Waals surface area contributed by atoms with E-state index in [-0.39, 0.29) is 24.1 Å². The van der Waals surface area contributed by atoms with Gasteiger partial charge in [0.15, 0.2) is 17.3 Å². The third-order valence-corrected chi connectivity index (χ3v) is 3.35. The van der Waals surface area contributed by atoms with Crippen molar-refractivity contribution < 1.29 is 18.3 Å². The van der Waals surface area contributed by atoms with Crippen LogP contribution >= 0.6 is 0 Å². The van der Waals surface area contributed by atoms with Gasteiger partial charge in [-0.2, -0.15) is 4.39 Å². The summed E-state index contributed by atoms with van der Waals surface area (Å²) in [5, 5.41) is 0. The molecular weight excluding hydrogens is 238 g/mol. The molecule has 2 nitrogen and oxygen atoms in total. The van der Waals surface area contributed by atoms with Gasteiger partial charge in [-0.1, -0.05) is 25.3 Å². The van der Waals surface area contributed by atoms with Crippen LogP contribution in [0.2, 0.25) is 0 Å². The van der Waals surface area contributed by atoms with Gasteiger partial charge in [0, 0.05) is 5.92 Å². The van der Waals surface area contributed by atoms with Crippen LogP contribution in [0.1, 0.15) is 32.1 Å². The molecule has 98 valence electrons. The predicted molar refractivity (Wildman–Crippen MR) is 63.4 cm³/mol. The molecule has 1 fully saturated rings. The van der Waals surface area contributed by atoms with E-state index >= 15 is 0 Å². The van der Waals surface area contributed by atoms with Gasteiger partial charge < -0.3 is 4.74 Å². The number of carbonyl (C=O) groups is 1. The van der Waals surface area contributed by atoms with Crippen LogP contribution < -0.4 is 4.74 Å². The summed E-state index contributed by atoms with van der Waals surface area (Å²) in [7, 11) is 0. The molecule has 0 aromatic heterocycles. The van der Waals surface area contributed by atoms with Crippen molar-refractivity contribution in [1.82, 2.24) is 0 Å². The molecule has 0 saturated heterocycles. The van der Waals surface area contributed by atoms with Crippen LogP contribution in [0.4, 0.5) is 8.78 Å². The lowest BCUT2D eigenvalue weighted by Crippen LogP contribution is -2.23. The van der Waals surface area contributed by atoms with Crippen molar-refractivity contribution in [1.29, 1.82) is 0 Å². The Hall–Kier alpha value is -1.45. The Morgan fingerprint density at radius 2 is 1.94 bits per heavy atom. The van der Waals surface area contributed by atoms with Gasteiger partial charge in [0.25, 0.3) is 0 Å². The summed E-state index contributed by atoms with van der Waals surface area (Å²) in [5.41, 5.74) is 0. The molecule has 0 bridgehead atoms. The maximum atomic E-state index is 13.3. The standard InChI is InChI=1S/C14H16F2O2/c15-11-7-4-8-13(14(11)16)18-9-12(17)10-5-2-1-3-6-10/h4,7-8,10H,1-3,5-6,9H2. The topological polar surface area (TPSA) is 26.3 Å². The molecule has 18 heavy (non-hydrogen) atoms. The van der Waals surface area contributed by atoms with E-state index in [1.165, 1.54) is 18.6 Å². The first-order valence-corrected chi connectivity index (χ1v) is 6.28. The minimum atomic E-state index is -1.03. The van der Waals surface area contributed by atoms with E-state index in [0.717, 1.165) is 31.7 Å². The summed E-state index contributed by atoms with van der Waals surface area (Å²) < 4.78 is 31.3. The molecule has 1 aliphatic rings. The molecule has 1 aromatic carbocycles. The lowest BCUT2D eigenvalue weighted by molar-refractivity contribution is -0.125. The molecule has 0 unspecified atom stereocenters. The van der Waals surface area contributed by atoms with Crippen LogP contribution in [0.25, 0.3) is 0 Å². The minimum Gasteiger partial charge on any atom is -0.483 e. The Kier molecular flexibility index (Phi) is 4.28. The van der Waals surface area contributed by atoms with E-state index in [1.807, 2.05) is 0 Å². The second-order valence-electron chi connectivity index (χ2n) is 4.64. The fraction of sp³-hybridized carbons (Fsp3) is 0.500. The van der Waals surface area contributed by atoms with E-state index in [0.29, 0.717) is 0 Å². The maximum Gasteiger partial charge on any atom is 0.200 e. The molecule has 1 aliphatic carbocycles. The van der Waals surface area contributed by atoms with Crippen molar-refractivity contribution in [3.05, 3.63) is 29.8 Å². The fourth-order valence-electron chi connectivity index (χ4n) is 2.29. The van der Waals surface area contributed by atoms with Crippen molar-refractivity contribution in [2.24, 2.45) is 5.92 Å². The van der Waals surface area contributed by atoms with Gasteiger partial charge in [0.05, 0.1) is 0 Å². The number of hydrogen-bond donors (Lipinski definition) is 0. The Balaban J connectivity index is 1.90. The molecule has 0 atom stereocenters. The molecular formula is C14H16F2O2. The van der Waals surface area contributed by atoms with Crippen LogP contribution in [0, 0.1) is 17.6 Å². The number of benzene rings is 1. The first-order valence-electron chi connectivity index (χ1n) is 6.28. The highest BCUT2D eigenvalue weighted by Gasteiger charge is 2.21. The Morgan fingerprint density at radius 1 is 1.22 bits per heavy atom. The van der Waals surface area contributed by atoms with Crippen molar-refractivity contribution >= 4 is 5.78 Å². The van der Waals surface area contributed by atoms with Gasteiger partial charge in [-0.15, -0.1) is 0 Å². The average molecular weight is 254 g/mol. The predicted octanol–water partition coefficient (Wildman–Crippen LogP) is 3.49. The summed E-state index contributed by atoms with van der Waals surface area (Å²) in [6.07, 6.45) is 5.06. The van der Waals surface area contributed by atoms with Gasteiger partial charge >= 0.3 is 0 Å². The number of halogens is 2. The molecule has 1 aromatic rings. The Morgan fingerprint density at radius 3 is 2.67 bits per heavy atom. The molecule has 4 heteroatoms. The van der Waals surface area contributed by atoms with E-state index in [4.69, 9.17) is 4.74 Å². The van der Waals surface area contributed by atoms with Crippen LogP contribution in [-0.4, -0.2) is 12.4 Å². The second kappa shape index (κ2) is 5.94. The highest BCUT2D eigenvalue weighted by Crippen LogP contribution is 2.25. The molecule has 1 saturated carbocycles. The summed E-state index contributed by atoms with van der Waals surface area (Å²) in [6, 6.07) is 3.70. The number of carbonyl (C=O) groups excluding carboxylic acids is 1. The van der Waals surface area contributed by atoms with Gasteiger partial charge in [-0.05, 0) is 25.0 Å². The summed E-state index contributed by atoms with van der Waals surface area (Å²) in [5.74, 6) is -2.18. The second-order valence-corrected chi connectivity index (χ2v) is 4.64. The lowest BCUT2D eigenvalue weighted by atomic mass is 9.86. The van der Waals surface area contributed by atoms with Crippen LogP contribution in [0.3, 0.4) is 0 Å². The normalized spacial score (nSPS) is 16.6. The van der Waals surface area contributed by atoms with Crippen molar-refractivity contribution in [3.63, 3.8) is 0 Å². The largest absolute Gasteiger partial charge is 0.483 e. The molecule has 0 aliphatic heterocycles. The SMILES string of the molecule is O=C(COc1cccc(F)c1F)C1CCCCC1. The third-order valence-electron chi connectivity index (χ3n) is 3.35. The highest BCUT2D eigenvalue weighted by atomic mass is 19.2. The average Bonchev–Trinajstić information content (AvgIpc) is 2.41. The molecule has 2 rings (SSSR count). The van der Waals surface area contributed by atoms with Crippen molar-refractivity contribution in [2.45, 2.75) is 32.1 Å². The highest BCUT2D eigenvalue weighted by molar-refractivity contribution is 5.82. The monoisotopic (exact) mass is 254 g/mol. The van der Waals surface area contributed by atoms with E-state index in [2.05, 4.69) is 0 Å². The minimum absolute atomic E-state index is 0.0154. The van der Waals surface area contributed by atoms with E-state index in [9.17, 15) is 13.6 Å². The zero-order valence-electron chi connectivity index (χ0n) is 10.1. The number of ether oxygens (including phenoxy) is 1. The maximum absolute atomic E-state index is 13.3. The Bertz CT molecular complexity index is 426. The molecule has 0 spiro atoms. The summed E-state index contributed by atoms with van der Waals surface area (Å²) in [6.45, 7) is -0.176. The third kappa shape index (κ3) is 3.06. The Labute approximate surface area is 105 Å². The van der Waals surface area contributed by atoms with Crippen LogP contribution in [-0.2, 0) is 4.79 Å². The fourth-order valence-corrected chi connectivity index (χ4v) is 2.29. The van der Waals surface area contributed by atoms with Crippen LogP contribution in [0.5, 0.6) is 5.75 Å². The molecule has 0 radical (unpaired) electrons. The van der Waals surface area contributed by atoms with Gasteiger partial charge in [-0.3, -0.25) is 4.79 Å². The van der Waals surface area contributed by atoms with Crippen molar-refractivity contribution in [3.8, 4) is 5.75 Å². The molecule has 0 heterocycles. The number of rotatable bonds is 4. The number of hydrogen-bond acceptors (Lipinski definition) is 2. The zero-order chi connectivity index (χ0) is 13.0. The van der Waals surface area contributed by atoms with Gasteiger partial charge in [-0.25, -0.2) is 4.39 Å². The zero-order valence-corrected chi connectivity index (χ0v) is 10.1. The molecule has 0 N–H and O–H groups in total. The van der Waals surface area contributed by atoms with Gasteiger partial charge in [0.1, 0.15) is 6.61 Å².